The number of nitrogens with zero attached hydrogens (tertiary/aromatic N) is 3. The number of benzene rings is 1. The molecule has 170 valence electrons. The summed E-state index contributed by atoms with van der Waals surface area (Å²) < 4.78 is 1.17. The molecule has 5 rings (SSSR count). The average molecular weight is 461 g/mol. The Labute approximate surface area is 197 Å². The molecule has 1 unspecified atom stereocenters. The fraction of sp³-hybridized carbons (Fsp3) is 0.385. The molecule has 3 aliphatic rings. The number of nitrogens with one attached hydrogen (secondary N) is 1. The zero-order chi connectivity index (χ0) is 22.6. The number of unbranched alkanes of at least 4 members (excludes halogenated alkanes) is 1. The van der Waals surface area contributed by atoms with Gasteiger partial charge in [-0.2, -0.15) is 0 Å². The quantitative estimate of drug-likeness (QED) is 0.614. The Morgan fingerprint density at radius 3 is 2.82 bits per heavy atom. The summed E-state index contributed by atoms with van der Waals surface area (Å²) in [5.41, 5.74) is 1.37. The number of carbonyl (C=O) groups excluding carboxylic acids is 2. The Balaban J connectivity index is 1.000. The van der Waals surface area contributed by atoms with Gasteiger partial charge in [-0.25, -0.2) is 4.99 Å². The van der Waals surface area contributed by atoms with E-state index in [0.29, 0.717) is 18.2 Å². The van der Waals surface area contributed by atoms with Gasteiger partial charge in [-0.1, -0.05) is 31.0 Å². The van der Waals surface area contributed by atoms with E-state index >= 15 is 0 Å². The zero-order valence-electron chi connectivity index (χ0n) is 18.6. The largest absolute Gasteiger partial charge is 0.351 e. The molecule has 3 aliphatic heterocycles. The van der Waals surface area contributed by atoms with E-state index in [1.54, 1.807) is 23.8 Å². The number of likely N-dealkylation sites (tertiary alicyclic amines) is 1. The van der Waals surface area contributed by atoms with Crippen LogP contribution in [0.4, 0.5) is 0 Å². The van der Waals surface area contributed by atoms with E-state index in [0.717, 1.165) is 61.2 Å². The van der Waals surface area contributed by atoms with Gasteiger partial charge in [0.2, 0.25) is 0 Å². The van der Waals surface area contributed by atoms with Crippen LogP contribution in [0.3, 0.4) is 0 Å². The van der Waals surface area contributed by atoms with Crippen LogP contribution in [-0.2, 0) is 4.79 Å². The Morgan fingerprint density at radius 2 is 2.00 bits per heavy atom. The molecule has 0 spiro atoms. The first kappa shape index (κ1) is 21.8. The van der Waals surface area contributed by atoms with Crippen LogP contribution in [0.1, 0.15) is 41.8 Å². The van der Waals surface area contributed by atoms with E-state index in [2.05, 4.69) is 27.4 Å². The van der Waals surface area contributed by atoms with E-state index in [-0.39, 0.29) is 17.7 Å². The fourth-order valence-corrected chi connectivity index (χ4v) is 5.71. The van der Waals surface area contributed by atoms with Gasteiger partial charge in [0, 0.05) is 36.7 Å². The van der Waals surface area contributed by atoms with E-state index in [1.807, 2.05) is 35.3 Å². The Morgan fingerprint density at radius 1 is 1.15 bits per heavy atom. The molecule has 1 fully saturated rings. The Hall–Kier alpha value is -3.06. The summed E-state index contributed by atoms with van der Waals surface area (Å²) in [5.74, 6) is 0.758. The lowest BCUT2D eigenvalue weighted by molar-refractivity contribution is -0.117. The summed E-state index contributed by atoms with van der Waals surface area (Å²) in [6.07, 6.45) is 12.5. The molecule has 1 saturated heterocycles. The van der Waals surface area contributed by atoms with Gasteiger partial charge in [0.25, 0.3) is 11.8 Å². The predicted octanol–water partition coefficient (Wildman–Crippen LogP) is 4.59. The van der Waals surface area contributed by atoms with Crippen molar-refractivity contribution in [1.82, 2.24) is 10.2 Å². The highest BCUT2D eigenvalue weighted by Gasteiger charge is 2.25. The van der Waals surface area contributed by atoms with Crippen LogP contribution in [0.5, 0.6) is 0 Å². The van der Waals surface area contributed by atoms with Gasteiger partial charge in [0.1, 0.15) is 5.70 Å². The van der Waals surface area contributed by atoms with Gasteiger partial charge >= 0.3 is 0 Å². The number of allylic oxidation sites excluding steroid dienone is 2. The first-order valence-electron chi connectivity index (χ1n) is 11.7. The number of hydrogen-bond acceptors (Lipinski definition) is 5. The maximum Gasteiger partial charge on any atom is 0.269 e. The highest BCUT2D eigenvalue weighted by molar-refractivity contribution is 7.20. The Kier molecular flexibility index (Phi) is 6.48. The fourth-order valence-electron chi connectivity index (χ4n) is 4.68. The van der Waals surface area contributed by atoms with Crippen molar-refractivity contribution in [2.24, 2.45) is 21.8 Å². The molecule has 33 heavy (non-hydrogen) atoms. The van der Waals surface area contributed by atoms with Gasteiger partial charge in [-0.3, -0.25) is 14.6 Å². The first-order chi connectivity index (χ1) is 16.2. The van der Waals surface area contributed by atoms with E-state index in [4.69, 9.17) is 0 Å². The number of carbonyl (C=O) groups is 2. The van der Waals surface area contributed by atoms with Gasteiger partial charge in [0.15, 0.2) is 0 Å². The minimum atomic E-state index is -0.105. The maximum atomic E-state index is 12.9. The van der Waals surface area contributed by atoms with Crippen LogP contribution in [0.2, 0.25) is 0 Å². The van der Waals surface area contributed by atoms with Crippen molar-refractivity contribution in [3.05, 3.63) is 59.3 Å². The molecule has 1 atom stereocenters. The molecule has 0 aliphatic carbocycles. The van der Waals surface area contributed by atoms with Crippen molar-refractivity contribution in [1.29, 1.82) is 0 Å². The summed E-state index contributed by atoms with van der Waals surface area (Å²) in [6.45, 7) is 2.34. The molecule has 6 nitrogen and oxygen atoms in total. The second-order valence-electron chi connectivity index (χ2n) is 8.86. The number of thiophene rings is 1. The second-order valence-corrected chi connectivity index (χ2v) is 9.95. The molecule has 2 amide bonds. The molecular weight excluding hydrogens is 432 g/mol. The third-order valence-electron chi connectivity index (χ3n) is 6.60. The van der Waals surface area contributed by atoms with Crippen molar-refractivity contribution >= 4 is 45.2 Å². The highest BCUT2D eigenvalue weighted by Crippen LogP contribution is 2.29. The maximum absolute atomic E-state index is 12.9. The van der Waals surface area contributed by atoms with Crippen LogP contribution < -0.4 is 5.32 Å². The average Bonchev–Trinajstić information content (AvgIpc) is 3.48. The van der Waals surface area contributed by atoms with Gasteiger partial charge in [-0.15, -0.1) is 11.3 Å². The lowest BCUT2D eigenvalue weighted by atomic mass is 9.91. The molecule has 1 aromatic carbocycles. The van der Waals surface area contributed by atoms with Crippen LogP contribution in [-0.4, -0.2) is 48.3 Å². The van der Waals surface area contributed by atoms with E-state index < -0.39 is 0 Å². The van der Waals surface area contributed by atoms with Crippen molar-refractivity contribution in [2.45, 2.75) is 32.1 Å². The molecule has 0 bridgehead atoms. The molecule has 0 radical (unpaired) electrons. The van der Waals surface area contributed by atoms with Crippen molar-refractivity contribution < 1.29 is 9.59 Å². The summed E-state index contributed by atoms with van der Waals surface area (Å²) >= 11 is 1.59. The first-order valence-corrected chi connectivity index (χ1v) is 12.6. The SMILES string of the molecule is O=C(NCCCCC1CCN(C(=O)c2cc3ccccc3s2)CC1)C1=CC2C=NC=CC2=N1. The standard InChI is InChI=1S/C26H28N4O2S/c31-25(22-15-20-17-27-12-8-21(20)29-22)28-11-4-3-5-18-9-13-30(14-10-18)26(32)24-16-19-6-1-2-7-23(19)33-24/h1-2,6-8,12,15-18,20H,3-5,9-11,13-14H2,(H,28,31). The summed E-state index contributed by atoms with van der Waals surface area (Å²) in [6, 6.07) is 10.2. The van der Waals surface area contributed by atoms with Crippen LogP contribution >= 0.6 is 11.3 Å². The van der Waals surface area contributed by atoms with Crippen LogP contribution in [0.15, 0.2) is 64.4 Å². The predicted molar refractivity (Wildman–Crippen MR) is 134 cm³/mol. The zero-order valence-corrected chi connectivity index (χ0v) is 19.4. The summed E-state index contributed by atoms with van der Waals surface area (Å²) in [5, 5.41) is 4.14. The Bertz CT molecular complexity index is 1130. The lowest BCUT2D eigenvalue weighted by Crippen LogP contribution is -2.38. The lowest BCUT2D eigenvalue weighted by Gasteiger charge is -2.31. The third-order valence-corrected chi connectivity index (χ3v) is 7.71. The molecule has 1 aromatic heterocycles. The minimum absolute atomic E-state index is 0.0346. The van der Waals surface area contributed by atoms with Crippen molar-refractivity contribution in [3.8, 4) is 0 Å². The number of rotatable bonds is 7. The summed E-state index contributed by atoms with van der Waals surface area (Å²) in [4.78, 5) is 36.6. The number of piperidine rings is 1. The molecule has 7 heteroatoms. The minimum Gasteiger partial charge on any atom is -0.351 e. The monoisotopic (exact) mass is 460 g/mol. The molecule has 4 heterocycles. The highest BCUT2D eigenvalue weighted by atomic mass is 32.1. The van der Waals surface area contributed by atoms with E-state index in [9.17, 15) is 9.59 Å². The molecular formula is C26H28N4O2S. The number of fused-ring (bicyclic) bond motifs is 2. The number of amides is 2. The van der Waals surface area contributed by atoms with Crippen molar-refractivity contribution in [3.63, 3.8) is 0 Å². The third kappa shape index (κ3) is 4.98. The smallest absolute Gasteiger partial charge is 0.269 e. The second kappa shape index (κ2) is 9.83. The van der Waals surface area contributed by atoms with E-state index in [1.165, 1.54) is 4.70 Å². The molecule has 0 saturated carbocycles. The topological polar surface area (TPSA) is 74.1 Å². The number of aliphatic imine (C=N–C) groups is 2. The molecule has 2 aromatic rings. The molecule has 1 N–H and O–H groups in total. The van der Waals surface area contributed by atoms with Gasteiger partial charge in [-0.05, 0) is 54.9 Å². The van der Waals surface area contributed by atoms with Gasteiger partial charge < -0.3 is 10.2 Å². The van der Waals surface area contributed by atoms with Crippen molar-refractivity contribution in [2.75, 3.05) is 19.6 Å². The summed E-state index contributed by atoms with van der Waals surface area (Å²) in [7, 11) is 0. The normalized spacial score (nSPS) is 20.0. The number of hydrogen-bond donors (Lipinski definition) is 1. The van der Waals surface area contributed by atoms with Crippen LogP contribution in [0.25, 0.3) is 10.1 Å². The van der Waals surface area contributed by atoms with Crippen LogP contribution in [0, 0.1) is 11.8 Å². The van der Waals surface area contributed by atoms with Gasteiger partial charge in [0.05, 0.1) is 16.5 Å².